The Balaban J connectivity index is 2.36. The van der Waals surface area contributed by atoms with Gasteiger partial charge in [0.2, 0.25) is 0 Å². The molecule has 1 heterocycles. The lowest BCUT2D eigenvalue weighted by atomic mass is 10.3. The van der Waals surface area contributed by atoms with Gasteiger partial charge in [0.05, 0.1) is 22.9 Å². The first kappa shape index (κ1) is 5.34. The number of nitrogens with one attached hydrogen (secondary N) is 1. The SMILES string of the molecule is INC1=NCCC1. The number of amidine groups is 1. The first-order valence-electron chi connectivity index (χ1n) is 2.33. The van der Waals surface area contributed by atoms with Crippen molar-refractivity contribution >= 4 is 28.7 Å². The van der Waals surface area contributed by atoms with Gasteiger partial charge in [-0.2, -0.15) is 0 Å². The Kier molecular flexibility index (Phi) is 1.90. The molecule has 0 amide bonds. The molecule has 0 bridgehead atoms. The Morgan fingerprint density at radius 2 is 2.57 bits per heavy atom. The summed E-state index contributed by atoms with van der Waals surface area (Å²) in [6.07, 6.45) is 2.37. The average Bonchev–Trinajstić information content (AvgIpc) is 2.14. The molecule has 2 nitrogen and oxygen atoms in total. The van der Waals surface area contributed by atoms with Crippen LogP contribution in [0.25, 0.3) is 0 Å². The van der Waals surface area contributed by atoms with Crippen LogP contribution in [0.3, 0.4) is 0 Å². The second-order valence-electron chi connectivity index (χ2n) is 1.53. The minimum atomic E-state index is 1.02. The van der Waals surface area contributed by atoms with E-state index in [0.29, 0.717) is 0 Å². The van der Waals surface area contributed by atoms with Crippen LogP contribution in [-0.2, 0) is 0 Å². The van der Waals surface area contributed by atoms with Crippen molar-refractivity contribution in [2.24, 2.45) is 4.99 Å². The van der Waals surface area contributed by atoms with Crippen LogP contribution in [0.15, 0.2) is 4.99 Å². The van der Waals surface area contributed by atoms with E-state index in [4.69, 9.17) is 0 Å². The van der Waals surface area contributed by atoms with Crippen molar-refractivity contribution in [1.29, 1.82) is 0 Å². The number of hydrogen-bond donors (Lipinski definition) is 1. The summed E-state index contributed by atoms with van der Waals surface area (Å²) in [7, 11) is 0. The van der Waals surface area contributed by atoms with Crippen molar-refractivity contribution in [3.8, 4) is 0 Å². The van der Waals surface area contributed by atoms with Crippen LogP contribution in [0.1, 0.15) is 12.8 Å². The van der Waals surface area contributed by atoms with E-state index in [2.05, 4.69) is 31.4 Å². The van der Waals surface area contributed by atoms with E-state index in [1.807, 2.05) is 0 Å². The zero-order chi connectivity index (χ0) is 5.11. The first-order chi connectivity index (χ1) is 3.43. The van der Waals surface area contributed by atoms with Crippen LogP contribution < -0.4 is 3.53 Å². The van der Waals surface area contributed by atoms with Crippen molar-refractivity contribution in [3.05, 3.63) is 0 Å². The fourth-order valence-corrected chi connectivity index (χ4v) is 1.06. The lowest BCUT2D eigenvalue weighted by Gasteiger charge is -1.89. The molecule has 0 aromatic rings. The predicted octanol–water partition coefficient (Wildman–Crippen LogP) is 1.12. The van der Waals surface area contributed by atoms with Gasteiger partial charge in [0.15, 0.2) is 0 Å². The Hall–Kier alpha value is 0.200. The minimum Gasteiger partial charge on any atom is -0.317 e. The van der Waals surface area contributed by atoms with Crippen LogP contribution in [0.5, 0.6) is 0 Å². The van der Waals surface area contributed by atoms with E-state index in [1.54, 1.807) is 0 Å². The van der Waals surface area contributed by atoms with Gasteiger partial charge in [-0.25, -0.2) is 0 Å². The number of nitrogens with zero attached hydrogens (tertiary/aromatic N) is 1. The van der Waals surface area contributed by atoms with Gasteiger partial charge < -0.3 is 3.53 Å². The zero-order valence-corrected chi connectivity index (χ0v) is 6.10. The maximum absolute atomic E-state index is 4.15. The highest BCUT2D eigenvalue weighted by Gasteiger charge is 2.01. The minimum absolute atomic E-state index is 1.02. The van der Waals surface area contributed by atoms with E-state index >= 15 is 0 Å². The Labute approximate surface area is 56.9 Å². The van der Waals surface area contributed by atoms with Crippen molar-refractivity contribution in [2.45, 2.75) is 12.8 Å². The Morgan fingerprint density at radius 3 is 2.86 bits per heavy atom. The van der Waals surface area contributed by atoms with E-state index in [0.717, 1.165) is 18.8 Å². The highest BCUT2D eigenvalue weighted by Crippen LogP contribution is 2.01. The molecule has 0 saturated heterocycles. The normalized spacial score (nSPS) is 19.3. The number of aliphatic imine (C=N–C) groups is 1. The molecule has 0 spiro atoms. The van der Waals surface area contributed by atoms with Crippen LogP contribution in [0, 0.1) is 0 Å². The molecule has 1 aliphatic heterocycles. The van der Waals surface area contributed by atoms with Gasteiger partial charge in [0.25, 0.3) is 0 Å². The van der Waals surface area contributed by atoms with Gasteiger partial charge in [-0.3, -0.25) is 4.99 Å². The third-order valence-electron chi connectivity index (χ3n) is 0.983. The summed E-state index contributed by atoms with van der Waals surface area (Å²) in [6.45, 7) is 1.02. The molecule has 0 atom stereocenters. The number of rotatable bonds is 0. The lowest BCUT2D eigenvalue weighted by molar-refractivity contribution is 0.950. The maximum Gasteiger partial charge on any atom is 0.105 e. The number of hydrogen-bond acceptors (Lipinski definition) is 2. The summed E-state index contributed by atoms with van der Waals surface area (Å²) in [5, 5.41) is 0. The molecule has 7 heavy (non-hydrogen) atoms. The summed E-state index contributed by atoms with van der Waals surface area (Å²) < 4.78 is 2.98. The summed E-state index contributed by atoms with van der Waals surface area (Å²) in [6, 6.07) is 0. The largest absolute Gasteiger partial charge is 0.317 e. The summed E-state index contributed by atoms with van der Waals surface area (Å²) in [5.41, 5.74) is 0. The van der Waals surface area contributed by atoms with Gasteiger partial charge >= 0.3 is 0 Å². The molecular formula is C4H7IN2. The maximum atomic E-state index is 4.15. The molecule has 0 unspecified atom stereocenters. The zero-order valence-electron chi connectivity index (χ0n) is 3.95. The summed E-state index contributed by atoms with van der Waals surface area (Å²) in [5.74, 6) is 1.15. The van der Waals surface area contributed by atoms with Gasteiger partial charge in [0.1, 0.15) is 5.84 Å². The van der Waals surface area contributed by atoms with Gasteiger partial charge in [-0.1, -0.05) is 0 Å². The molecule has 0 saturated carbocycles. The summed E-state index contributed by atoms with van der Waals surface area (Å²) in [4.78, 5) is 4.15. The van der Waals surface area contributed by atoms with Crippen molar-refractivity contribution < 1.29 is 0 Å². The van der Waals surface area contributed by atoms with Crippen LogP contribution in [0.2, 0.25) is 0 Å². The molecule has 1 aliphatic rings. The number of halogens is 1. The van der Waals surface area contributed by atoms with Crippen molar-refractivity contribution in [1.82, 2.24) is 3.53 Å². The lowest BCUT2D eigenvalue weighted by Crippen LogP contribution is -2.06. The van der Waals surface area contributed by atoms with E-state index < -0.39 is 0 Å². The molecule has 0 fully saturated rings. The van der Waals surface area contributed by atoms with Crippen LogP contribution in [-0.4, -0.2) is 12.4 Å². The molecule has 1 N–H and O–H groups in total. The highest BCUT2D eigenvalue weighted by atomic mass is 127. The Bertz CT molecular complexity index is 89.7. The molecule has 3 heteroatoms. The fraction of sp³-hybridized carbons (Fsp3) is 0.750. The molecular weight excluding hydrogens is 203 g/mol. The van der Waals surface area contributed by atoms with E-state index in [1.165, 1.54) is 6.42 Å². The van der Waals surface area contributed by atoms with Crippen LogP contribution in [0.4, 0.5) is 0 Å². The molecule has 0 radical (unpaired) electrons. The van der Waals surface area contributed by atoms with E-state index in [9.17, 15) is 0 Å². The molecule has 0 aromatic carbocycles. The quantitative estimate of drug-likeness (QED) is 0.470. The fourth-order valence-electron chi connectivity index (χ4n) is 0.617. The topological polar surface area (TPSA) is 24.4 Å². The third-order valence-corrected chi connectivity index (χ3v) is 1.61. The predicted molar refractivity (Wildman–Crippen MR) is 38.7 cm³/mol. The molecule has 0 aromatic heterocycles. The third kappa shape index (κ3) is 1.29. The monoisotopic (exact) mass is 210 g/mol. The van der Waals surface area contributed by atoms with Gasteiger partial charge in [-0.15, -0.1) is 0 Å². The first-order valence-corrected chi connectivity index (χ1v) is 3.41. The smallest absolute Gasteiger partial charge is 0.105 e. The second kappa shape index (κ2) is 2.49. The molecule has 0 aliphatic carbocycles. The average molecular weight is 210 g/mol. The Morgan fingerprint density at radius 1 is 1.71 bits per heavy atom. The second-order valence-corrected chi connectivity index (χ2v) is 2.07. The summed E-state index contributed by atoms with van der Waals surface area (Å²) >= 11 is 2.11. The van der Waals surface area contributed by atoms with Crippen molar-refractivity contribution in [2.75, 3.05) is 6.54 Å². The van der Waals surface area contributed by atoms with E-state index in [-0.39, 0.29) is 0 Å². The molecule has 40 valence electrons. The van der Waals surface area contributed by atoms with Gasteiger partial charge in [0, 0.05) is 13.0 Å². The standard InChI is InChI=1S/C4H7IN2/c5-7-4-2-1-3-6-4/h1-3H2,(H,6,7). The molecule has 1 rings (SSSR count). The van der Waals surface area contributed by atoms with Crippen LogP contribution >= 0.6 is 22.9 Å². The highest BCUT2D eigenvalue weighted by molar-refractivity contribution is 14.1. The van der Waals surface area contributed by atoms with Gasteiger partial charge in [-0.05, 0) is 6.42 Å². The van der Waals surface area contributed by atoms with Crippen molar-refractivity contribution in [3.63, 3.8) is 0 Å².